The van der Waals surface area contributed by atoms with Crippen LogP contribution in [0.2, 0.25) is 0 Å². The highest BCUT2D eigenvalue weighted by atomic mass is 19.1. The Morgan fingerprint density at radius 2 is 1.65 bits per heavy atom. The van der Waals surface area contributed by atoms with E-state index >= 15 is 0 Å². The third-order valence-electron chi connectivity index (χ3n) is 3.64. The van der Waals surface area contributed by atoms with Crippen LogP contribution in [-0.2, 0) is 6.42 Å². The highest BCUT2D eigenvalue weighted by molar-refractivity contribution is 5.28. The van der Waals surface area contributed by atoms with Gasteiger partial charge in [-0.2, -0.15) is 0 Å². The van der Waals surface area contributed by atoms with Gasteiger partial charge in [0.1, 0.15) is 5.82 Å². The summed E-state index contributed by atoms with van der Waals surface area (Å²) in [7, 11) is 0. The van der Waals surface area contributed by atoms with E-state index in [1.165, 1.54) is 23.3 Å². The molecule has 0 heterocycles. The van der Waals surface area contributed by atoms with Gasteiger partial charge in [-0.25, -0.2) is 4.39 Å². The lowest BCUT2D eigenvalue weighted by atomic mass is 10.0. The first-order chi connectivity index (χ1) is 9.56. The lowest BCUT2D eigenvalue weighted by molar-refractivity contribution is 0.475. The zero-order chi connectivity index (χ0) is 14.5. The zero-order valence-electron chi connectivity index (χ0n) is 12.4. The first kappa shape index (κ1) is 14.7. The minimum Gasteiger partial charge on any atom is -0.307 e. The van der Waals surface area contributed by atoms with Crippen LogP contribution in [0.4, 0.5) is 4.39 Å². The van der Waals surface area contributed by atoms with Crippen LogP contribution in [0.1, 0.15) is 36.6 Å². The second-order valence-electron chi connectivity index (χ2n) is 5.48. The SMILES string of the molecule is Cc1ccccc1C(C)NC(C)Cc1ccc(F)cc1. The van der Waals surface area contributed by atoms with Gasteiger partial charge in [-0.3, -0.25) is 0 Å². The normalized spacial score (nSPS) is 14.0. The molecule has 0 aliphatic heterocycles. The smallest absolute Gasteiger partial charge is 0.123 e. The average molecular weight is 271 g/mol. The van der Waals surface area contributed by atoms with Crippen LogP contribution in [0, 0.1) is 12.7 Å². The number of hydrogen-bond donors (Lipinski definition) is 1. The molecule has 20 heavy (non-hydrogen) atoms. The Labute approximate surface area is 120 Å². The summed E-state index contributed by atoms with van der Waals surface area (Å²) in [5.74, 6) is -0.178. The molecule has 2 aromatic carbocycles. The van der Waals surface area contributed by atoms with Crippen molar-refractivity contribution in [2.75, 3.05) is 0 Å². The van der Waals surface area contributed by atoms with Crippen molar-refractivity contribution in [3.8, 4) is 0 Å². The number of benzene rings is 2. The number of hydrogen-bond acceptors (Lipinski definition) is 1. The molecule has 0 fully saturated rings. The van der Waals surface area contributed by atoms with Crippen molar-refractivity contribution in [1.29, 1.82) is 0 Å². The van der Waals surface area contributed by atoms with Gasteiger partial charge >= 0.3 is 0 Å². The zero-order valence-corrected chi connectivity index (χ0v) is 12.4. The molecule has 0 aliphatic carbocycles. The number of halogens is 1. The summed E-state index contributed by atoms with van der Waals surface area (Å²) in [5, 5.41) is 3.61. The van der Waals surface area contributed by atoms with Crippen LogP contribution < -0.4 is 5.32 Å². The molecule has 2 aromatic rings. The predicted octanol–water partition coefficient (Wildman–Crippen LogP) is 4.42. The van der Waals surface area contributed by atoms with Gasteiger partial charge in [0.25, 0.3) is 0 Å². The number of nitrogens with one attached hydrogen (secondary N) is 1. The van der Waals surface area contributed by atoms with E-state index in [2.05, 4.69) is 50.4 Å². The Morgan fingerprint density at radius 1 is 1.00 bits per heavy atom. The maximum absolute atomic E-state index is 12.9. The lowest BCUT2D eigenvalue weighted by Crippen LogP contribution is -2.31. The summed E-state index contributed by atoms with van der Waals surface area (Å²) in [4.78, 5) is 0. The topological polar surface area (TPSA) is 12.0 Å². The predicted molar refractivity (Wildman–Crippen MR) is 82.3 cm³/mol. The molecule has 0 spiro atoms. The molecular weight excluding hydrogens is 249 g/mol. The summed E-state index contributed by atoms with van der Waals surface area (Å²) in [6.07, 6.45) is 0.899. The van der Waals surface area contributed by atoms with Crippen LogP contribution in [0.25, 0.3) is 0 Å². The van der Waals surface area contributed by atoms with Crippen LogP contribution in [0.15, 0.2) is 48.5 Å². The minimum atomic E-state index is -0.178. The molecule has 0 radical (unpaired) electrons. The first-order valence-corrected chi connectivity index (χ1v) is 7.12. The van der Waals surface area contributed by atoms with Crippen molar-refractivity contribution < 1.29 is 4.39 Å². The second-order valence-corrected chi connectivity index (χ2v) is 5.48. The fraction of sp³-hybridized carbons (Fsp3) is 0.333. The van der Waals surface area contributed by atoms with Gasteiger partial charge in [0.2, 0.25) is 0 Å². The summed E-state index contributed by atoms with van der Waals surface area (Å²) in [6.45, 7) is 6.49. The van der Waals surface area contributed by atoms with Gasteiger partial charge in [0.15, 0.2) is 0 Å². The van der Waals surface area contributed by atoms with E-state index in [0.29, 0.717) is 12.1 Å². The molecule has 0 amide bonds. The van der Waals surface area contributed by atoms with Crippen LogP contribution >= 0.6 is 0 Å². The van der Waals surface area contributed by atoms with Crippen molar-refractivity contribution in [3.63, 3.8) is 0 Å². The molecule has 0 saturated heterocycles. The van der Waals surface area contributed by atoms with E-state index in [-0.39, 0.29) is 5.82 Å². The molecule has 0 bridgehead atoms. The van der Waals surface area contributed by atoms with Gasteiger partial charge in [-0.1, -0.05) is 36.4 Å². The van der Waals surface area contributed by atoms with E-state index in [0.717, 1.165) is 12.0 Å². The van der Waals surface area contributed by atoms with Gasteiger partial charge in [0, 0.05) is 12.1 Å². The Bertz CT molecular complexity index is 548. The van der Waals surface area contributed by atoms with E-state index in [1.54, 1.807) is 0 Å². The monoisotopic (exact) mass is 271 g/mol. The molecule has 2 heteroatoms. The molecule has 2 atom stereocenters. The van der Waals surface area contributed by atoms with E-state index < -0.39 is 0 Å². The summed E-state index contributed by atoms with van der Waals surface area (Å²) >= 11 is 0. The molecule has 0 aliphatic rings. The summed E-state index contributed by atoms with van der Waals surface area (Å²) < 4.78 is 12.9. The third kappa shape index (κ3) is 3.91. The Kier molecular flexibility index (Phi) is 4.91. The van der Waals surface area contributed by atoms with Crippen molar-refractivity contribution in [2.45, 2.75) is 39.3 Å². The maximum Gasteiger partial charge on any atom is 0.123 e. The third-order valence-corrected chi connectivity index (χ3v) is 3.64. The van der Waals surface area contributed by atoms with E-state index in [9.17, 15) is 4.39 Å². The van der Waals surface area contributed by atoms with Crippen LogP contribution in [0.5, 0.6) is 0 Å². The van der Waals surface area contributed by atoms with Crippen molar-refractivity contribution >= 4 is 0 Å². The Morgan fingerprint density at radius 3 is 2.30 bits per heavy atom. The van der Waals surface area contributed by atoms with Crippen molar-refractivity contribution in [2.24, 2.45) is 0 Å². The van der Waals surface area contributed by atoms with Gasteiger partial charge in [-0.15, -0.1) is 0 Å². The highest BCUT2D eigenvalue weighted by Crippen LogP contribution is 2.18. The van der Waals surface area contributed by atoms with Crippen LogP contribution in [-0.4, -0.2) is 6.04 Å². The number of rotatable bonds is 5. The highest BCUT2D eigenvalue weighted by Gasteiger charge is 2.11. The summed E-state index contributed by atoms with van der Waals surface area (Å²) in [6, 6.07) is 15.8. The van der Waals surface area contributed by atoms with Gasteiger partial charge < -0.3 is 5.32 Å². The minimum absolute atomic E-state index is 0.178. The molecule has 106 valence electrons. The fourth-order valence-corrected chi connectivity index (χ4v) is 2.62. The molecule has 2 rings (SSSR count). The van der Waals surface area contributed by atoms with Gasteiger partial charge in [-0.05, 0) is 56.0 Å². The molecule has 0 aromatic heterocycles. The lowest BCUT2D eigenvalue weighted by Gasteiger charge is -2.22. The van der Waals surface area contributed by atoms with E-state index in [4.69, 9.17) is 0 Å². The summed E-state index contributed by atoms with van der Waals surface area (Å²) in [5.41, 5.74) is 3.79. The molecule has 1 N–H and O–H groups in total. The molecule has 2 unspecified atom stereocenters. The molecule has 0 saturated carbocycles. The van der Waals surface area contributed by atoms with Crippen LogP contribution in [0.3, 0.4) is 0 Å². The van der Waals surface area contributed by atoms with Crippen molar-refractivity contribution in [1.82, 2.24) is 5.32 Å². The van der Waals surface area contributed by atoms with Gasteiger partial charge in [0.05, 0.1) is 0 Å². The maximum atomic E-state index is 12.9. The molecular formula is C18H22FN. The van der Waals surface area contributed by atoms with Crippen molar-refractivity contribution in [3.05, 3.63) is 71.0 Å². The molecule has 1 nitrogen and oxygen atoms in total. The quantitative estimate of drug-likeness (QED) is 0.849. The average Bonchev–Trinajstić information content (AvgIpc) is 2.41. The van der Waals surface area contributed by atoms with E-state index in [1.807, 2.05) is 12.1 Å². The standard InChI is InChI=1S/C18H22FN/c1-13-6-4-5-7-18(13)15(3)20-14(2)12-16-8-10-17(19)11-9-16/h4-11,14-15,20H,12H2,1-3H3. The number of aryl methyl sites for hydroxylation is 1. The fourth-order valence-electron chi connectivity index (χ4n) is 2.62. The largest absolute Gasteiger partial charge is 0.307 e. The second kappa shape index (κ2) is 6.67. The Hall–Kier alpha value is -1.67. The first-order valence-electron chi connectivity index (χ1n) is 7.12. The Balaban J connectivity index is 1.96.